The quantitative estimate of drug-likeness (QED) is 0.200. The summed E-state index contributed by atoms with van der Waals surface area (Å²) in [5.41, 5.74) is 1.76. The molecule has 0 aliphatic rings. The Labute approximate surface area is 183 Å². The molecule has 0 unspecified atom stereocenters. The molecule has 0 saturated heterocycles. The van der Waals surface area contributed by atoms with Crippen LogP contribution >= 0.6 is 0 Å². The zero-order valence-electron chi connectivity index (χ0n) is 17.0. The Hall–Kier alpha value is -4.40. The maximum absolute atomic E-state index is 12.4. The number of non-ortho nitro benzene ring substituents is 1. The monoisotopic (exact) mass is 430 g/mol. The molecule has 2 heterocycles. The number of nitro groups is 1. The maximum Gasteiger partial charge on any atom is 0.269 e. The fourth-order valence-corrected chi connectivity index (χ4v) is 3.34. The van der Waals surface area contributed by atoms with E-state index in [0.717, 1.165) is 10.9 Å². The number of pyridine rings is 1. The van der Waals surface area contributed by atoms with Gasteiger partial charge in [-0.2, -0.15) is 0 Å². The van der Waals surface area contributed by atoms with Crippen LogP contribution in [0.1, 0.15) is 16.8 Å². The number of nitro benzene ring substituents is 1. The van der Waals surface area contributed by atoms with Crippen LogP contribution < -0.4 is 9.88 Å². The van der Waals surface area contributed by atoms with Gasteiger partial charge in [-0.25, -0.2) is 9.13 Å². The molecule has 9 nitrogen and oxygen atoms in total. The van der Waals surface area contributed by atoms with E-state index >= 15 is 0 Å². The molecule has 0 aliphatic carbocycles. The zero-order valence-corrected chi connectivity index (χ0v) is 17.0. The summed E-state index contributed by atoms with van der Waals surface area (Å²) in [4.78, 5) is 39.4. The summed E-state index contributed by atoms with van der Waals surface area (Å²) in [6.45, 7) is 0.543. The van der Waals surface area contributed by atoms with Crippen molar-refractivity contribution in [1.29, 1.82) is 0 Å². The minimum atomic E-state index is -0.504. The molecule has 160 valence electrons. The molecule has 0 fully saturated rings. The van der Waals surface area contributed by atoms with Gasteiger partial charge in [0, 0.05) is 29.3 Å². The molecule has 1 N–H and O–H groups in total. The number of amides is 1. The molecule has 2 aromatic carbocycles. The molecule has 0 radical (unpaired) electrons. The Morgan fingerprint density at radius 1 is 1.09 bits per heavy atom. The molecule has 0 saturated carbocycles. The number of aromatic nitrogens is 3. The number of hydrogen-bond acceptors (Lipinski definition) is 5. The van der Waals surface area contributed by atoms with E-state index in [1.165, 1.54) is 24.3 Å². The standard InChI is InChI=1S/C23H19N5O4/c29-21(17-6-8-19(9-7-17)28(31)32)15-27-14-13-26(16-27)12-10-22(30)25-20-5-1-3-18-4-2-11-24-23(18)20/h1-9,11,13-14,16H,10,12,15H2/p+1. The highest BCUT2D eigenvalue weighted by Crippen LogP contribution is 2.20. The lowest BCUT2D eigenvalue weighted by Crippen LogP contribution is -2.35. The molecule has 0 spiro atoms. The lowest BCUT2D eigenvalue weighted by atomic mass is 10.1. The first-order valence-electron chi connectivity index (χ1n) is 9.96. The lowest BCUT2D eigenvalue weighted by molar-refractivity contribution is -0.682. The largest absolute Gasteiger partial charge is 0.324 e. The van der Waals surface area contributed by atoms with Crippen molar-refractivity contribution in [3.8, 4) is 0 Å². The van der Waals surface area contributed by atoms with Crippen molar-refractivity contribution in [2.75, 3.05) is 5.32 Å². The highest BCUT2D eigenvalue weighted by Gasteiger charge is 2.14. The SMILES string of the molecule is O=C(CCn1cc[n+](CC(=O)c2ccc([N+](=O)[O-])cc2)c1)Nc1cccc2cccnc12. The topological polar surface area (TPSA) is 111 Å². The number of carbonyl (C=O) groups excluding carboxylic acids is 2. The molecular formula is C23H20N5O4+. The van der Waals surface area contributed by atoms with Gasteiger partial charge in [-0.1, -0.05) is 18.2 Å². The number of ketones is 1. The van der Waals surface area contributed by atoms with Crippen LogP contribution in [0.2, 0.25) is 0 Å². The van der Waals surface area contributed by atoms with Crippen LogP contribution in [0.5, 0.6) is 0 Å². The lowest BCUT2D eigenvalue weighted by Gasteiger charge is -2.07. The average molecular weight is 430 g/mol. The van der Waals surface area contributed by atoms with Gasteiger partial charge < -0.3 is 5.32 Å². The van der Waals surface area contributed by atoms with E-state index in [9.17, 15) is 19.7 Å². The molecule has 2 aromatic heterocycles. The summed E-state index contributed by atoms with van der Waals surface area (Å²) in [5.74, 6) is -0.297. The summed E-state index contributed by atoms with van der Waals surface area (Å²) < 4.78 is 3.53. The first-order valence-corrected chi connectivity index (χ1v) is 9.96. The molecule has 0 atom stereocenters. The second-order valence-corrected chi connectivity index (χ2v) is 7.23. The third-order valence-electron chi connectivity index (χ3n) is 4.98. The van der Waals surface area contributed by atoms with E-state index in [4.69, 9.17) is 0 Å². The number of imidazole rings is 1. The van der Waals surface area contributed by atoms with Crippen molar-refractivity contribution in [2.45, 2.75) is 19.5 Å². The van der Waals surface area contributed by atoms with Crippen LogP contribution in [0.3, 0.4) is 0 Å². The van der Waals surface area contributed by atoms with Crippen molar-refractivity contribution in [1.82, 2.24) is 9.55 Å². The molecule has 0 bridgehead atoms. The fraction of sp³-hybridized carbons (Fsp3) is 0.130. The van der Waals surface area contributed by atoms with E-state index in [1.807, 2.05) is 34.9 Å². The number of hydrogen-bond donors (Lipinski definition) is 1. The summed E-state index contributed by atoms with van der Waals surface area (Å²) in [6, 6.07) is 14.9. The summed E-state index contributed by atoms with van der Waals surface area (Å²) in [7, 11) is 0. The smallest absolute Gasteiger partial charge is 0.269 e. The Morgan fingerprint density at radius 3 is 2.66 bits per heavy atom. The summed E-state index contributed by atoms with van der Waals surface area (Å²) in [5, 5.41) is 14.6. The second kappa shape index (κ2) is 9.17. The van der Waals surface area contributed by atoms with Crippen LogP contribution in [0.15, 0.2) is 79.5 Å². The van der Waals surface area contributed by atoms with Crippen LogP contribution in [0, 0.1) is 10.1 Å². The Kier molecular flexibility index (Phi) is 5.98. The maximum atomic E-state index is 12.4. The van der Waals surface area contributed by atoms with E-state index in [-0.39, 0.29) is 30.3 Å². The van der Waals surface area contributed by atoms with Crippen molar-refractivity contribution in [2.24, 2.45) is 0 Å². The Morgan fingerprint density at radius 2 is 1.88 bits per heavy atom. The minimum Gasteiger partial charge on any atom is -0.324 e. The van der Waals surface area contributed by atoms with Gasteiger partial charge in [-0.05, 0) is 24.3 Å². The first kappa shape index (κ1) is 20.9. The van der Waals surface area contributed by atoms with Gasteiger partial charge in [0.05, 0.1) is 29.1 Å². The number of rotatable bonds is 8. The molecule has 4 rings (SSSR count). The average Bonchev–Trinajstić information content (AvgIpc) is 3.25. The summed E-state index contributed by atoms with van der Waals surface area (Å²) >= 11 is 0. The number of anilines is 1. The molecule has 1 amide bonds. The van der Waals surface area contributed by atoms with Crippen molar-refractivity contribution >= 4 is 34.0 Å². The van der Waals surface area contributed by atoms with E-state index < -0.39 is 4.92 Å². The molecule has 0 aliphatic heterocycles. The fourth-order valence-electron chi connectivity index (χ4n) is 3.34. The first-order chi connectivity index (χ1) is 15.5. The number of Topliss-reactive ketones (excluding diaryl/α,β-unsaturated/α-hetero) is 1. The minimum absolute atomic E-state index is 0.0575. The van der Waals surface area contributed by atoms with Crippen molar-refractivity contribution in [3.63, 3.8) is 0 Å². The van der Waals surface area contributed by atoms with E-state index in [0.29, 0.717) is 17.8 Å². The van der Waals surface area contributed by atoms with E-state index in [2.05, 4.69) is 10.3 Å². The van der Waals surface area contributed by atoms with Crippen LogP contribution in [-0.2, 0) is 17.9 Å². The van der Waals surface area contributed by atoms with Gasteiger partial charge in [-0.3, -0.25) is 24.7 Å². The Bertz CT molecular complexity index is 1290. The molecule has 32 heavy (non-hydrogen) atoms. The predicted octanol–water partition coefficient (Wildman–Crippen LogP) is 3.14. The van der Waals surface area contributed by atoms with Crippen molar-refractivity contribution < 1.29 is 19.1 Å². The van der Waals surface area contributed by atoms with E-state index in [1.54, 1.807) is 29.5 Å². The van der Waals surface area contributed by atoms with Gasteiger partial charge >= 0.3 is 0 Å². The van der Waals surface area contributed by atoms with Gasteiger partial charge in [-0.15, -0.1) is 0 Å². The van der Waals surface area contributed by atoms with Gasteiger partial charge in [0.25, 0.3) is 5.69 Å². The zero-order chi connectivity index (χ0) is 22.5. The number of benzene rings is 2. The Balaban J connectivity index is 1.32. The number of carbonyl (C=O) groups is 2. The molecule has 9 heteroatoms. The molecule has 4 aromatic rings. The highest BCUT2D eigenvalue weighted by atomic mass is 16.6. The number of aryl methyl sites for hydroxylation is 1. The van der Waals surface area contributed by atoms with Crippen LogP contribution in [0.4, 0.5) is 11.4 Å². The van der Waals surface area contributed by atoms with Gasteiger partial charge in [0.1, 0.15) is 12.4 Å². The van der Waals surface area contributed by atoms with Crippen molar-refractivity contribution in [3.05, 3.63) is 95.2 Å². The normalized spacial score (nSPS) is 10.8. The van der Waals surface area contributed by atoms with Crippen LogP contribution in [-0.4, -0.2) is 26.2 Å². The molecular weight excluding hydrogens is 410 g/mol. The third-order valence-corrected chi connectivity index (χ3v) is 4.98. The number of nitrogens with one attached hydrogen (secondary N) is 1. The third kappa shape index (κ3) is 4.84. The van der Waals surface area contributed by atoms with Crippen LogP contribution in [0.25, 0.3) is 10.9 Å². The van der Waals surface area contributed by atoms with Gasteiger partial charge in [0.2, 0.25) is 18.0 Å². The second-order valence-electron chi connectivity index (χ2n) is 7.23. The predicted molar refractivity (Wildman–Crippen MR) is 117 cm³/mol. The number of para-hydroxylation sites is 1. The number of fused-ring (bicyclic) bond motifs is 1. The number of nitrogens with zero attached hydrogens (tertiary/aromatic N) is 4. The van der Waals surface area contributed by atoms with Gasteiger partial charge in [0.15, 0.2) is 6.54 Å². The highest BCUT2D eigenvalue weighted by molar-refractivity contribution is 6.00. The summed E-state index contributed by atoms with van der Waals surface area (Å²) in [6.07, 6.45) is 7.23.